The highest BCUT2D eigenvalue weighted by Crippen LogP contribution is 2.21. The molecule has 0 spiro atoms. The van der Waals surface area contributed by atoms with E-state index in [1.54, 1.807) is 18.2 Å². The van der Waals surface area contributed by atoms with Crippen molar-refractivity contribution in [2.45, 2.75) is 19.8 Å². The van der Waals surface area contributed by atoms with E-state index in [9.17, 15) is 9.59 Å². The van der Waals surface area contributed by atoms with Crippen LogP contribution in [-0.4, -0.2) is 25.0 Å². The number of halogens is 1. The first-order chi connectivity index (χ1) is 12.1. The van der Waals surface area contributed by atoms with Gasteiger partial charge in [0.15, 0.2) is 0 Å². The van der Waals surface area contributed by atoms with Gasteiger partial charge in [0.2, 0.25) is 5.91 Å². The number of hydrogen-bond donors (Lipinski definition) is 2. The number of para-hydroxylation sites is 2. The van der Waals surface area contributed by atoms with Crippen LogP contribution in [0.25, 0.3) is 0 Å². The second kappa shape index (κ2) is 9.84. The van der Waals surface area contributed by atoms with E-state index in [0.717, 1.165) is 10.2 Å². The van der Waals surface area contributed by atoms with Gasteiger partial charge in [-0.1, -0.05) is 24.3 Å². The molecular formula is C19H21BrN2O3. The monoisotopic (exact) mass is 404 g/mol. The molecule has 0 bridgehead atoms. The van der Waals surface area contributed by atoms with Crippen LogP contribution < -0.4 is 15.4 Å². The van der Waals surface area contributed by atoms with Crippen molar-refractivity contribution in [1.82, 2.24) is 5.32 Å². The number of benzene rings is 2. The standard InChI is InChI=1S/C19H21BrN2O3/c1-2-25-17-11-6-3-8-14(17)19(24)21-13-7-12-18(23)22-16-10-5-4-9-15(16)20/h3-6,8-11H,2,7,12-13H2,1H3,(H,21,24)(H,22,23). The van der Waals surface area contributed by atoms with Crippen LogP contribution in [-0.2, 0) is 4.79 Å². The molecule has 5 nitrogen and oxygen atoms in total. The fourth-order valence-electron chi connectivity index (χ4n) is 2.26. The average Bonchev–Trinajstić information content (AvgIpc) is 2.61. The fourth-order valence-corrected chi connectivity index (χ4v) is 2.64. The molecule has 2 aromatic carbocycles. The summed E-state index contributed by atoms with van der Waals surface area (Å²) in [5.41, 5.74) is 1.24. The molecule has 0 saturated carbocycles. The van der Waals surface area contributed by atoms with Crippen molar-refractivity contribution < 1.29 is 14.3 Å². The molecule has 2 N–H and O–H groups in total. The number of anilines is 1. The van der Waals surface area contributed by atoms with Crippen LogP contribution in [0.3, 0.4) is 0 Å². The van der Waals surface area contributed by atoms with E-state index < -0.39 is 0 Å². The summed E-state index contributed by atoms with van der Waals surface area (Å²) >= 11 is 3.39. The van der Waals surface area contributed by atoms with Gasteiger partial charge in [-0.25, -0.2) is 0 Å². The van der Waals surface area contributed by atoms with Gasteiger partial charge in [0.05, 0.1) is 17.9 Å². The summed E-state index contributed by atoms with van der Waals surface area (Å²) in [5, 5.41) is 5.66. The summed E-state index contributed by atoms with van der Waals surface area (Å²) < 4.78 is 6.29. The third-order valence-electron chi connectivity index (χ3n) is 3.45. The van der Waals surface area contributed by atoms with Crippen LogP contribution in [0.5, 0.6) is 5.75 Å². The lowest BCUT2D eigenvalue weighted by Crippen LogP contribution is -2.26. The Kier molecular flexibility index (Phi) is 7.47. The smallest absolute Gasteiger partial charge is 0.255 e. The van der Waals surface area contributed by atoms with E-state index in [0.29, 0.717) is 37.3 Å². The highest BCUT2D eigenvalue weighted by Gasteiger charge is 2.11. The van der Waals surface area contributed by atoms with Gasteiger partial charge in [0.25, 0.3) is 5.91 Å². The van der Waals surface area contributed by atoms with Crippen molar-refractivity contribution in [1.29, 1.82) is 0 Å². The van der Waals surface area contributed by atoms with E-state index >= 15 is 0 Å². The third-order valence-corrected chi connectivity index (χ3v) is 4.14. The van der Waals surface area contributed by atoms with Crippen molar-refractivity contribution in [2.75, 3.05) is 18.5 Å². The van der Waals surface area contributed by atoms with Gasteiger partial charge in [-0.05, 0) is 53.5 Å². The number of nitrogens with one attached hydrogen (secondary N) is 2. The molecule has 0 heterocycles. The van der Waals surface area contributed by atoms with E-state index in [1.165, 1.54) is 0 Å². The maximum absolute atomic E-state index is 12.2. The molecule has 0 unspecified atom stereocenters. The van der Waals surface area contributed by atoms with Crippen molar-refractivity contribution >= 4 is 33.4 Å². The lowest BCUT2D eigenvalue weighted by atomic mass is 10.2. The predicted octanol–water partition coefficient (Wildman–Crippen LogP) is 4.00. The topological polar surface area (TPSA) is 67.4 Å². The van der Waals surface area contributed by atoms with Gasteiger partial charge in [-0.15, -0.1) is 0 Å². The van der Waals surface area contributed by atoms with E-state index in [2.05, 4.69) is 26.6 Å². The molecule has 0 atom stereocenters. The second-order valence-corrected chi connectivity index (χ2v) is 6.17. The first-order valence-electron chi connectivity index (χ1n) is 8.16. The zero-order valence-electron chi connectivity index (χ0n) is 14.0. The zero-order chi connectivity index (χ0) is 18.1. The number of ether oxygens (including phenoxy) is 1. The largest absolute Gasteiger partial charge is 0.493 e. The summed E-state index contributed by atoms with van der Waals surface area (Å²) in [6, 6.07) is 14.5. The summed E-state index contributed by atoms with van der Waals surface area (Å²) in [4.78, 5) is 24.2. The molecule has 0 saturated heterocycles. The van der Waals surface area contributed by atoms with Gasteiger partial charge in [-0.2, -0.15) is 0 Å². The Balaban J connectivity index is 1.76. The van der Waals surface area contributed by atoms with Gasteiger partial charge < -0.3 is 15.4 Å². The average molecular weight is 405 g/mol. The zero-order valence-corrected chi connectivity index (χ0v) is 15.6. The molecule has 0 aromatic heterocycles. The van der Waals surface area contributed by atoms with Crippen LogP contribution in [0.1, 0.15) is 30.1 Å². The normalized spacial score (nSPS) is 10.2. The number of carbonyl (C=O) groups excluding carboxylic acids is 2. The van der Waals surface area contributed by atoms with Crippen molar-refractivity contribution in [2.24, 2.45) is 0 Å². The Morgan fingerprint density at radius 3 is 2.56 bits per heavy atom. The molecule has 25 heavy (non-hydrogen) atoms. The summed E-state index contributed by atoms with van der Waals surface area (Å²) in [6.45, 7) is 2.79. The molecule has 2 aromatic rings. The number of rotatable bonds is 8. The van der Waals surface area contributed by atoms with Gasteiger partial charge in [-0.3, -0.25) is 9.59 Å². The summed E-state index contributed by atoms with van der Waals surface area (Å²) in [6.07, 6.45) is 0.882. The molecule has 6 heteroatoms. The number of hydrogen-bond acceptors (Lipinski definition) is 3. The van der Waals surface area contributed by atoms with Crippen LogP contribution in [0.15, 0.2) is 53.0 Å². The van der Waals surface area contributed by atoms with Gasteiger partial charge in [0, 0.05) is 17.4 Å². The quantitative estimate of drug-likeness (QED) is 0.653. The molecule has 0 aliphatic carbocycles. The first kappa shape index (κ1) is 19.0. The summed E-state index contributed by atoms with van der Waals surface area (Å²) in [5.74, 6) is 0.278. The molecule has 2 amide bonds. The highest BCUT2D eigenvalue weighted by atomic mass is 79.9. The predicted molar refractivity (Wildman–Crippen MR) is 102 cm³/mol. The van der Waals surface area contributed by atoms with Crippen LogP contribution in [0.4, 0.5) is 5.69 Å². The van der Waals surface area contributed by atoms with Crippen molar-refractivity contribution in [3.8, 4) is 5.75 Å². The lowest BCUT2D eigenvalue weighted by molar-refractivity contribution is -0.116. The molecule has 0 aliphatic rings. The minimum atomic E-state index is -0.199. The maximum atomic E-state index is 12.2. The van der Waals surface area contributed by atoms with Crippen LogP contribution >= 0.6 is 15.9 Å². The van der Waals surface area contributed by atoms with Crippen molar-refractivity contribution in [3.05, 3.63) is 58.6 Å². The molecule has 0 aliphatic heterocycles. The van der Waals surface area contributed by atoms with Crippen molar-refractivity contribution in [3.63, 3.8) is 0 Å². The SMILES string of the molecule is CCOc1ccccc1C(=O)NCCCC(=O)Nc1ccccc1Br. The Hall–Kier alpha value is -2.34. The van der Waals surface area contributed by atoms with E-state index in [1.807, 2.05) is 37.3 Å². The van der Waals surface area contributed by atoms with E-state index in [-0.39, 0.29) is 11.8 Å². The maximum Gasteiger partial charge on any atom is 0.255 e. The molecule has 2 rings (SSSR count). The van der Waals surface area contributed by atoms with Gasteiger partial charge in [0.1, 0.15) is 5.75 Å². The van der Waals surface area contributed by atoms with Crippen LogP contribution in [0, 0.1) is 0 Å². The molecular weight excluding hydrogens is 384 g/mol. The summed E-state index contributed by atoms with van der Waals surface area (Å²) in [7, 11) is 0. The molecule has 0 radical (unpaired) electrons. The minimum Gasteiger partial charge on any atom is -0.493 e. The second-order valence-electron chi connectivity index (χ2n) is 5.32. The van der Waals surface area contributed by atoms with E-state index in [4.69, 9.17) is 4.74 Å². The highest BCUT2D eigenvalue weighted by molar-refractivity contribution is 9.10. The molecule has 0 fully saturated rings. The van der Waals surface area contributed by atoms with Gasteiger partial charge >= 0.3 is 0 Å². The Labute approximate surface area is 155 Å². The van der Waals surface area contributed by atoms with Crippen LogP contribution in [0.2, 0.25) is 0 Å². The lowest BCUT2D eigenvalue weighted by Gasteiger charge is -2.10. The molecule has 132 valence electrons. The Morgan fingerprint density at radius 1 is 1.08 bits per heavy atom. The third kappa shape index (κ3) is 5.90. The number of amides is 2. The Bertz CT molecular complexity index is 734. The first-order valence-corrected chi connectivity index (χ1v) is 8.95. The number of carbonyl (C=O) groups is 2. The minimum absolute atomic E-state index is 0.0872. The Morgan fingerprint density at radius 2 is 1.80 bits per heavy atom. The fraction of sp³-hybridized carbons (Fsp3) is 0.263.